The van der Waals surface area contributed by atoms with Crippen LogP contribution in [0.15, 0.2) is 0 Å². The zero-order valence-electron chi connectivity index (χ0n) is 6.46. The molecule has 0 saturated carbocycles. The number of aliphatic hydroxyl groups is 1. The monoisotopic (exact) mass is 146 g/mol. The Kier molecular flexibility index (Phi) is 2.28. The van der Waals surface area contributed by atoms with Gasteiger partial charge in [-0.05, 0) is 20.3 Å². The molecule has 1 aliphatic rings. The standard InChI is InChI=1S/C7H14O3/c1-7(2)6(8)9-4-3-5-10-7/h6,8H,3-5H2,1-2H3. The summed E-state index contributed by atoms with van der Waals surface area (Å²) in [6, 6.07) is 0. The Morgan fingerprint density at radius 3 is 2.80 bits per heavy atom. The van der Waals surface area contributed by atoms with Crippen molar-refractivity contribution in [3.63, 3.8) is 0 Å². The van der Waals surface area contributed by atoms with Crippen LogP contribution in [0, 0.1) is 0 Å². The molecule has 3 nitrogen and oxygen atoms in total. The van der Waals surface area contributed by atoms with E-state index in [1.165, 1.54) is 0 Å². The van der Waals surface area contributed by atoms with Crippen LogP contribution in [0.3, 0.4) is 0 Å². The number of ether oxygens (including phenoxy) is 2. The van der Waals surface area contributed by atoms with Crippen molar-refractivity contribution < 1.29 is 14.6 Å². The molecule has 10 heavy (non-hydrogen) atoms. The van der Waals surface area contributed by atoms with Crippen molar-refractivity contribution in [2.75, 3.05) is 13.2 Å². The molecule has 1 atom stereocenters. The van der Waals surface area contributed by atoms with Crippen molar-refractivity contribution in [1.29, 1.82) is 0 Å². The van der Waals surface area contributed by atoms with E-state index >= 15 is 0 Å². The van der Waals surface area contributed by atoms with Gasteiger partial charge in [0, 0.05) is 6.61 Å². The summed E-state index contributed by atoms with van der Waals surface area (Å²) in [6.45, 7) is 4.90. The van der Waals surface area contributed by atoms with Gasteiger partial charge in [-0.15, -0.1) is 0 Å². The fourth-order valence-corrected chi connectivity index (χ4v) is 0.861. The first-order valence-corrected chi connectivity index (χ1v) is 3.56. The molecule has 0 amide bonds. The first-order valence-electron chi connectivity index (χ1n) is 3.56. The van der Waals surface area contributed by atoms with E-state index in [1.807, 2.05) is 13.8 Å². The Hall–Kier alpha value is -0.120. The van der Waals surface area contributed by atoms with Crippen LogP contribution in [0.2, 0.25) is 0 Å². The van der Waals surface area contributed by atoms with Gasteiger partial charge in [-0.25, -0.2) is 0 Å². The summed E-state index contributed by atoms with van der Waals surface area (Å²) in [5, 5.41) is 9.27. The molecule has 1 heterocycles. The summed E-state index contributed by atoms with van der Waals surface area (Å²) in [7, 11) is 0. The molecule has 1 saturated heterocycles. The topological polar surface area (TPSA) is 38.7 Å². The van der Waals surface area contributed by atoms with Crippen LogP contribution in [0.4, 0.5) is 0 Å². The molecule has 0 aromatic carbocycles. The van der Waals surface area contributed by atoms with E-state index in [0.717, 1.165) is 6.42 Å². The number of aliphatic hydroxyl groups excluding tert-OH is 1. The van der Waals surface area contributed by atoms with Gasteiger partial charge in [0.15, 0.2) is 6.29 Å². The van der Waals surface area contributed by atoms with Crippen molar-refractivity contribution in [3.8, 4) is 0 Å². The second kappa shape index (κ2) is 2.86. The molecule has 0 spiro atoms. The van der Waals surface area contributed by atoms with Gasteiger partial charge in [-0.1, -0.05) is 0 Å². The van der Waals surface area contributed by atoms with Crippen molar-refractivity contribution in [2.45, 2.75) is 32.2 Å². The van der Waals surface area contributed by atoms with Gasteiger partial charge in [0.05, 0.1) is 6.61 Å². The minimum absolute atomic E-state index is 0.545. The quantitative estimate of drug-likeness (QED) is 0.541. The highest BCUT2D eigenvalue weighted by Crippen LogP contribution is 2.19. The lowest BCUT2D eigenvalue weighted by Gasteiger charge is -2.27. The normalized spacial score (nSPS) is 33.3. The number of rotatable bonds is 0. The molecule has 60 valence electrons. The summed E-state index contributed by atoms with van der Waals surface area (Å²) < 4.78 is 10.4. The molecule has 3 heteroatoms. The Labute approximate surface area is 60.9 Å². The first kappa shape index (κ1) is 7.98. The molecule has 0 aliphatic carbocycles. The molecule has 0 aromatic heterocycles. The lowest BCUT2D eigenvalue weighted by Crippen LogP contribution is -2.39. The van der Waals surface area contributed by atoms with Crippen molar-refractivity contribution >= 4 is 0 Å². The van der Waals surface area contributed by atoms with Crippen molar-refractivity contribution in [1.82, 2.24) is 0 Å². The van der Waals surface area contributed by atoms with E-state index in [1.54, 1.807) is 0 Å². The van der Waals surface area contributed by atoms with E-state index in [0.29, 0.717) is 13.2 Å². The molecule has 0 radical (unpaired) electrons. The SMILES string of the molecule is CC1(C)OCCCOC1O. The largest absolute Gasteiger partial charge is 0.370 e. The van der Waals surface area contributed by atoms with Crippen LogP contribution in [0.25, 0.3) is 0 Å². The average molecular weight is 146 g/mol. The molecule has 0 bridgehead atoms. The number of hydrogen-bond donors (Lipinski definition) is 1. The van der Waals surface area contributed by atoms with Gasteiger partial charge in [-0.3, -0.25) is 0 Å². The van der Waals surface area contributed by atoms with Gasteiger partial charge < -0.3 is 14.6 Å². The summed E-state index contributed by atoms with van der Waals surface area (Å²) >= 11 is 0. The third-order valence-corrected chi connectivity index (χ3v) is 1.63. The Morgan fingerprint density at radius 1 is 1.40 bits per heavy atom. The minimum atomic E-state index is -0.782. The third-order valence-electron chi connectivity index (χ3n) is 1.63. The maximum atomic E-state index is 9.27. The lowest BCUT2D eigenvalue weighted by molar-refractivity contribution is -0.196. The van der Waals surface area contributed by atoms with E-state index in [2.05, 4.69) is 0 Å². The minimum Gasteiger partial charge on any atom is -0.370 e. The fourth-order valence-electron chi connectivity index (χ4n) is 0.861. The third kappa shape index (κ3) is 1.68. The molecule has 1 unspecified atom stereocenters. The highest BCUT2D eigenvalue weighted by molar-refractivity contribution is 4.73. The summed E-state index contributed by atoms with van der Waals surface area (Å²) in [6.07, 6.45) is 0.0792. The van der Waals surface area contributed by atoms with Crippen LogP contribution in [0.1, 0.15) is 20.3 Å². The Balaban J connectivity index is 2.52. The van der Waals surface area contributed by atoms with Crippen LogP contribution >= 0.6 is 0 Å². The van der Waals surface area contributed by atoms with Gasteiger partial charge in [0.1, 0.15) is 5.60 Å². The van der Waals surface area contributed by atoms with E-state index in [9.17, 15) is 5.11 Å². The molecule has 1 fully saturated rings. The molecule has 1 rings (SSSR count). The van der Waals surface area contributed by atoms with Crippen molar-refractivity contribution in [3.05, 3.63) is 0 Å². The summed E-state index contributed by atoms with van der Waals surface area (Å²) in [5.41, 5.74) is -0.545. The molecule has 1 aliphatic heterocycles. The Bertz CT molecular complexity index is 111. The molecule has 1 N–H and O–H groups in total. The zero-order valence-corrected chi connectivity index (χ0v) is 6.46. The molecule has 0 aromatic rings. The molecular formula is C7H14O3. The van der Waals surface area contributed by atoms with Crippen LogP contribution < -0.4 is 0 Å². The smallest absolute Gasteiger partial charge is 0.183 e. The van der Waals surface area contributed by atoms with Crippen LogP contribution in [-0.2, 0) is 9.47 Å². The fraction of sp³-hybridized carbons (Fsp3) is 1.00. The highest BCUT2D eigenvalue weighted by Gasteiger charge is 2.31. The predicted octanol–water partition coefficient (Wildman–Crippen LogP) is 0.520. The van der Waals surface area contributed by atoms with Gasteiger partial charge in [0.2, 0.25) is 0 Å². The van der Waals surface area contributed by atoms with E-state index in [4.69, 9.17) is 9.47 Å². The summed E-state index contributed by atoms with van der Waals surface area (Å²) in [5.74, 6) is 0. The second-order valence-corrected chi connectivity index (χ2v) is 3.03. The lowest BCUT2D eigenvalue weighted by atomic mass is 10.1. The van der Waals surface area contributed by atoms with Crippen LogP contribution in [0.5, 0.6) is 0 Å². The number of hydrogen-bond acceptors (Lipinski definition) is 3. The van der Waals surface area contributed by atoms with Gasteiger partial charge in [-0.2, -0.15) is 0 Å². The Morgan fingerprint density at radius 2 is 2.10 bits per heavy atom. The first-order chi connectivity index (χ1) is 4.63. The highest BCUT2D eigenvalue weighted by atomic mass is 16.6. The average Bonchev–Trinajstić information content (AvgIpc) is 1.96. The van der Waals surface area contributed by atoms with Crippen LogP contribution in [-0.4, -0.2) is 30.2 Å². The van der Waals surface area contributed by atoms with E-state index < -0.39 is 11.9 Å². The summed E-state index contributed by atoms with van der Waals surface area (Å²) in [4.78, 5) is 0. The van der Waals surface area contributed by atoms with Crippen molar-refractivity contribution in [2.24, 2.45) is 0 Å². The maximum absolute atomic E-state index is 9.27. The van der Waals surface area contributed by atoms with Gasteiger partial charge in [0.25, 0.3) is 0 Å². The van der Waals surface area contributed by atoms with E-state index in [-0.39, 0.29) is 0 Å². The zero-order chi connectivity index (χ0) is 7.61. The van der Waals surface area contributed by atoms with Gasteiger partial charge >= 0.3 is 0 Å². The maximum Gasteiger partial charge on any atom is 0.183 e. The molecular weight excluding hydrogens is 132 g/mol. The second-order valence-electron chi connectivity index (χ2n) is 3.03. The predicted molar refractivity (Wildman–Crippen MR) is 36.6 cm³/mol.